The maximum atomic E-state index is 11.4. The summed E-state index contributed by atoms with van der Waals surface area (Å²) in [6.07, 6.45) is 5.94. The normalized spacial score (nSPS) is 17.8. The monoisotopic (exact) mass is 400 g/mol. The smallest absolute Gasteiger partial charge is 0.342 e. The van der Waals surface area contributed by atoms with Gasteiger partial charge < -0.3 is 25.2 Å². The molecule has 10 heteroatoms. The van der Waals surface area contributed by atoms with Gasteiger partial charge in [-0.2, -0.15) is 0 Å². The summed E-state index contributed by atoms with van der Waals surface area (Å²) in [7, 11) is 0. The van der Waals surface area contributed by atoms with Crippen molar-refractivity contribution in [1.82, 2.24) is 0 Å². The van der Waals surface area contributed by atoms with Crippen molar-refractivity contribution in [3.05, 3.63) is 11.1 Å². The lowest BCUT2D eigenvalue weighted by atomic mass is 9.96. The maximum absolute atomic E-state index is 11.4. The summed E-state index contributed by atoms with van der Waals surface area (Å²) in [5, 5.41) is 33.8. The average Bonchev–Trinajstić information content (AvgIpc) is 2.84. The number of aliphatic hydroxyl groups is 1. The zero-order valence-corrected chi connectivity index (χ0v) is 15.3. The largest absolute Gasteiger partial charge is 0.481 e. The Kier molecular flexibility index (Phi) is 8.77. The van der Waals surface area contributed by atoms with Gasteiger partial charge in [0.05, 0.1) is 12.8 Å². The molecule has 1 heterocycles. The maximum Gasteiger partial charge on any atom is 0.342 e. The molecule has 0 spiro atoms. The molecule has 2 rings (SSSR count). The number of hydrogen-bond acceptors (Lipinski definition) is 7. The number of carbonyl (C=O) groups is 5. The van der Waals surface area contributed by atoms with Gasteiger partial charge in [-0.15, -0.1) is 0 Å². The summed E-state index contributed by atoms with van der Waals surface area (Å²) in [6, 6.07) is 0. The van der Waals surface area contributed by atoms with Crippen LogP contribution in [0.25, 0.3) is 0 Å². The highest BCUT2D eigenvalue weighted by Crippen LogP contribution is 2.28. The second kappa shape index (κ2) is 10.5. The molecule has 2 aliphatic rings. The summed E-state index contributed by atoms with van der Waals surface area (Å²) >= 11 is 0. The molecule has 0 radical (unpaired) electrons. The summed E-state index contributed by atoms with van der Waals surface area (Å²) < 4.78 is 4.65. The number of carbonyl (C=O) groups excluding carboxylic acids is 2. The van der Waals surface area contributed by atoms with Crippen molar-refractivity contribution in [2.24, 2.45) is 0 Å². The van der Waals surface area contributed by atoms with E-state index in [0.29, 0.717) is 11.1 Å². The van der Waals surface area contributed by atoms with E-state index in [4.69, 9.17) is 20.4 Å². The first-order valence-electron chi connectivity index (χ1n) is 8.94. The lowest BCUT2D eigenvalue weighted by molar-refractivity contribution is -0.170. The molecule has 0 amide bonds. The highest BCUT2D eigenvalue weighted by molar-refractivity contribution is 6.12. The number of carboxylic acid groups (broad SMARTS) is 3. The van der Waals surface area contributed by atoms with Crippen LogP contribution in [0.15, 0.2) is 11.1 Å². The minimum atomic E-state index is -2.74. The van der Waals surface area contributed by atoms with Crippen molar-refractivity contribution >= 4 is 29.8 Å². The van der Waals surface area contributed by atoms with Crippen LogP contribution in [0.5, 0.6) is 0 Å². The SMILES string of the molecule is O=C(O)CC(O)(CC(=O)O)C(=O)O.O=C1OC(=O)C2=C1CCCCCCCC2. The summed E-state index contributed by atoms with van der Waals surface area (Å²) in [5.74, 6) is -5.80. The molecule has 1 aliphatic carbocycles. The Morgan fingerprint density at radius 2 is 1.11 bits per heavy atom. The number of hydrogen-bond donors (Lipinski definition) is 4. The van der Waals surface area contributed by atoms with Crippen LogP contribution in [0, 0.1) is 0 Å². The highest BCUT2D eigenvalue weighted by Gasteiger charge is 2.40. The Labute approximate surface area is 160 Å². The zero-order chi connectivity index (χ0) is 21.3. The topological polar surface area (TPSA) is 175 Å². The van der Waals surface area contributed by atoms with Gasteiger partial charge in [0.15, 0.2) is 5.60 Å². The van der Waals surface area contributed by atoms with Gasteiger partial charge in [-0.3, -0.25) is 9.59 Å². The van der Waals surface area contributed by atoms with Gasteiger partial charge in [0.25, 0.3) is 0 Å². The first-order chi connectivity index (χ1) is 13.1. The van der Waals surface area contributed by atoms with Crippen LogP contribution in [0.1, 0.15) is 64.2 Å². The van der Waals surface area contributed by atoms with Crippen molar-refractivity contribution in [2.75, 3.05) is 0 Å². The summed E-state index contributed by atoms with van der Waals surface area (Å²) in [5.41, 5.74) is -1.43. The predicted molar refractivity (Wildman–Crippen MR) is 92.2 cm³/mol. The molecule has 0 atom stereocenters. The fourth-order valence-corrected chi connectivity index (χ4v) is 2.98. The molecule has 0 bridgehead atoms. The fourth-order valence-electron chi connectivity index (χ4n) is 2.98. The molecule has 156 valence electrons. The van der Waals surface area contributed by atoms with Gasteiger partial charge in [0, 0.05) is 11.1 Å². The van der Waals surface area contributed by atoms with E-state index in [0.717, 1.165) is 38.5 Å². The average molecular weight is 400 g/mol. The van der Waals surface area contributed by atoms with E-state index in [1.165, 1.54) is 12.8 Å². The lowest BCUT2D eigenvalue weighted by Crippen LogP contribution is -2.42. The lowest BCUT2D eigenvalue weighted by Gasteiger charge is -2.18. The quantitative estimate of drug-likeness (QED) is 0.388. The Morgan fingerprint density at radius 1 is 0.750 bits per heavy atom. The zero-order valence-electron chi connectivity index (χ0n) is 15.3. The van der Waals surface area contributed by atoms with Crippen molar-refractivity contribution in [3.8, 4) is 0 Å². The van der Waals surface area contributed by atoms with E-state index in [1.54, 1.807) is 0 Å². The van der Waals surface area contributed by atoms with Crippen molar-refractivity contribution in [2.45, 2.75) is 69.8 Å². The first kappa shape index (κ1) is 23.3. The van der Waals surface area contributed by atoms with E-state index >= 15 is 0 Å². The van der Waals surface area contributed by atoms with Gasteiger partial charge in [-0.05, 0) is 25.7 Å². The molecule has 0 aromatic rings. The molecule has 0 saturated carbocycles. The van der Waals surface area contributed by atoms with Gasteiger partial charge in [0.1, 0.15) is 0 Å². The molecular formula is C18H24O10. The summed E-state index contributed by atoms with van der Waals surface area (Å²) in [6.45, 7) is 0. The van der Waals surface area contributed by atoms with Crippen LogP contribution in [0.3, 0.4) is 0 Å². The highest BCUT2D eigenvalue weighted by atomic mass is 16.6. The van der Waals surface area contributed by atoms with Crippen molar-refractivity contribution in [3.63, 3.8) is 0 Å². The minimum Gasteiger partial charge on any atom is -0.481 e. The molecule has 0 aromatic heterocycles. The first-order valence-corrected chi connectivity index (χ1v) is 8.94. The van der Waals surface area contributed by atoms with Crippen LogP contribution in [0.4, 0.5) is 0 Å². The molecule has 4 N–H and O–H groups in total. The Hall–Kier alpha value is -2.75. The molecule has 28 heavy (non-hydrogen) atoms. The Balaban J connectivity index is 0.000000284. The second-order valence-corrected chi connectivity index (χ2v) is 6.73. The molecule has 0 unspecified atom stereocenters. The molecule has 0 saturated heterocycles. The van der Waals surface area contributed by atoms with Crippen LogP contribution in [-0.2, 0) is 28.7 Å². The molecular weight excluding hydrogens is 376 g/mol. The third-order valence-electron chi connectivity index (χ3n) is 4.43. The van der Waals surface area contributed by atoms with E-state index < -0.39 is 48.3 Å². The molecule has 0 fully saturated rings. The number of esters is 2. The number of ether oxygens (including phenoxy) is 1. The van der Waals surface area contributed by atoms with Crippen molar-refractivity contribution < 1.29 is 49.1 Å². The van der Waals surface area contributed by atoms with E-state index in [-0.39, 0.29) is 0 Å². The van der Waals surface area contributed by atoms with Crippen LogP contribution in [-0.4, -0.2) is 55.9 Å². The Bertz CT molecular complexity index is 630. The van der Waals surface area contributed by atoms with Crippen LogP contribution in [0.2, 0.25) is 0 Å². The van der Waals surface area contributed by atoms with E-state index in [1.807, 2.05) is 0 Å². The number of rotatable bonds is 5. The third kappa shape index (κ3) is 7.10. The standard InChI is InChI=1S/C12H16O3.C6H8O7/c13-11-9-7-5-3-1-2-4-6-8-10(9)12(14)15-11;7-3(8)1-6(13,5(11)12)2-4(9)10/h1-8H2;13H,1-2H2,(H,7,8)(H,9,10)(H,11,12). The molecule has 10 nitrogen and oxygen atoms in total. The fraction of sp³-hybridized carbons (Fsp3) is 0.611. The third-order valence-corrected chi connectivity index (χ3v) is 4.43. The van der Waals surface area contributed by atoms with E-state index in [2.05, 4.69) is 4.74 Å². The van der Waals surface area contributed by atoms with Crippen LogP contribution >= 0.6 is 0 Å². The Morgan fingerprint density at radius 3 is 1.43 bits per heavy atom. The molecule has 0 aromatic carbocycles. The number of cyclic esters (lactones) is 2. The summed E-state index contributed by atoms with van der Waals surface area (Å²) in [4.78, 5) is 53.2. The van der Waals surface area contributed by atoms with Crippen LogP contribution < -0.4 is 0 Å². The van der Waals surface area contributed by atoms with Gasteiger partial charge in [0.2, 0.25) is 0 Å². The predicted octanol–water partition coefficient (Wildman–Crippen LogP) is 1.25. The van der Waals surface area contributed by atoms with Gasteiger partial charge in [-0.1, -0.05) is 25.7 Å². The van der Waals surface area contributed by atoms with Gasteiger partial charge in [-0.25, -0.2) is 14.4 Å². The molecule has 1 aliphatic heterocycles. The van der Waals surface area contributed by atoms with E-state index in [9.17, 15) is 24.0 Å². The van der Waals surface area contributed by atoms with Gasteiger partial charge >= 0.3 is 29.8 Å². The van der Waals surface area contributed by atoms with Crippen molar-refractivity contribution in [1.29, 1.82) is 0 Å². The number of aliphatic carboxylic acids is 3. The second-order valence-electron chi connectivity index (χ2n) is 6.73. The number of carboxylic acids is 3. The minimum absolute atomic E-state index is 0.393.